The summed E-state index contributed by atoms with van der Waals surface area (Å²) in [6.07, 6.45) is 3.60. The van der Waals surface area contributed by atoms with Crippen LogP contribution in [0.3, 0.4) is 0 Å². The first-order valence-corrected chi connectivity index (χ1v) is 11.1. The van der Waals surface area contributed by atoms with Crippen LogP contribution in [0.15, 0.2) is 52.7 Å². The van der Waals surface area contributed by atoms with Gasteiger partial charge in [0.15, 0.2) is 17.3 Å². The molecular weight excluding hydrogens is 424 g/mol. The van der Waals surface area contributed by atoms with Gasteiger partial charge in [-0.3, -0.25) is 0 Å². The Hall–Kier alpha value is -2.71. The molecule has 0 saturated carbocycles. The number of ether oxygens (including phenoxy) is 3. The van der Waals surface area contributed by atoms with Crippen molar-refractivity contribution in [3.05, 3.63) is 58.9 Å². The molecule has 0 radical (unpaired) electrons. The number of aromatic nitrogens is 3. The van der Waals surface area contributed by atoms with Gasteiger partial charge in [-0.2, -0.15) is 9.78 Å². The molecule has 3 rings (SSSR count). The third-order valence-corrected chi connectivity index (χ3v) is 4.81. The zero-order valence-electron chi connectivity index (χ0n) is 17.0. The molecule has 0 unspecified atom stereocenters. The lowest BCUT2D eigenvalue weighted by Gasteiger charge is -2.13. The normalized spacial score (nSPS) is 11.1. The number of para-hydroxylation sites is 1. The highest BCUT2D eigenvalue weighted by Crippen LogP contribution is 2.36. The van der Waals surface area contributed by atoms with Crippen LogP contribution in [0.5, 0.6) is 17.2 Å². The standard InChI is InChI=1S/C21H23ClN4O3S/c1-4-27-18-12-15(11-17(22)20(18)28-5-2)13-23-26-19(24-25-21(26)30-3)14-29-16-9-7-6-8-10-16/h6-13H,4-5,14H2,1-3H3/b23-13-. The molecule has 0 saturated heterocycles. The fraction of sp³-hybridized carbons (Fsp3) is 0.286. The van der Waals surface area contributed by atoms with Gasteiger partial charge in [-0.1, -0.05) is 41.6 Å². The topological polar surface area (TPSA) is 70.8 Å². The van der Waals surface area contributed by atoms with E-state index >= 15 is 0 Å². The maximum atomic E-state index is 6.39. The Labute approximate surface area is 185 Å². The van der Waals surface area contributed by atoms with E-state index in [0.717, 1.165) is 11.3 Å². The molecule has 0 aliphatic carbocycles. The molecule has 1 aromatic heterocycles. The molecular formula is C21H23ClN4O3S. The summed E-state index contributed by atoms with van der Waals surface area (Å²) < 4.78 is 18.7. The monoisotopic (exact) mass is 446 g/mol. The molecule has 7 nitrogen and oxygen atoms in total. The predicted molar refractivity (Wildman–Crippen MR) is 119 cm³/mol. The van der Waals surface area contributed by atoms with Crippen molar-refractivity contribution in [2.45, 2.75) is 25.6 Å². The maximum Gasteiger partial charge on any atom is 0.211 e. The van der Waals surface area contributed by atoms with Gasteiger partial charge in [0.05, 0.1) is 24.5 Å². The molecule has 0 spiro atoms. The Kier molecular flexibility index (Phi) is 7.98. The van der Waals surface area contributed by atoms with Crippen LogP contribution in [0.2, 0.25) is 5.02 Å². The molecule has 2 aromatic carbocycles. The zero-order valence-corrected chi connectivity index (χ0v) is 18.6. The predicted octanol–water partition coefficient (Wildman–Crippen LogP) is 4.91. The highest BCUT2D eigenvalue weighted by molar-refractivity contribution is 7.98. The smallest absolute Gasteiger partial charge is 0.211 e. The van der Waals surface area contributed by atoms with Crippen molar-refractivity contribution in [2.24, 2.45) is 5.10 Å². The van der Waals surface area contributed by atoms with E-state index in [4.69, 9.17) is 25.8 Å². The molecule has 0 aliphatic rings. The Morgan fingerprint density at radius 3 is 2.53 bits per heavy atom. The first kappa shape index (κ1) is 22.0. The summed E-state index contributed by atoms with van der Waals surface area (Å²) in [5.41, 5.74) is 0.766. The molecule has 158 valence electrons. The third-order valence-electron chi connectivity index (χ3n) is 3.91. The Morgan fingerprint density at radius 2 is 1.83 bits per heavy atom. The van der Waals surface area contributed by atoms with Crippen LogP contribution in [0, 0.1) is 0 Å². The number of nitrogens with zero attached hydrogens (tertiary/aromatic N) is 4. The van der Waals surface area contributed by atoms with Crippen LogP contribution in [0.25, 0.3) is 0 Å². The number of halogens is 1. The van der Waals surface area contributed by atoms with E-state index in [0.29, 0.717) is 40.7 Å². The lowest BCUT2D eigenvalue weighted by atomic mass is 10.2. The maximum absolute atomic E-state index is 6.39. The average Bonchev–Trinajstić information content (AvgIpc) is 3.16. The Balaban J connectivity index is 1.85. The summed E-state index contributed by atoms with van der Waals surface area (Å²) in [6, 6.07) is 13.2. The molecule has 0 aliphatic heterocycles. The van der Waals surface area contributed by atoms with E-state index in [1.165, 1.54) is 11.8 Å². The summed E-state index contributed by atoms with van der Waals surface area (Å²) in [5, 5.41) is 14.0. The van der Waals surface area contributed by atoms with E-state index in [1.807, 2.05) is 56.5 Å². The average molecular weight is 447 g/mol. The van der Waals surface area contributed by atoms with E-state index < -0.39 is 0 Å². The molecule has 9 heteroatoms. The summed E-state index contributed by atoms with van der Waals surface area (Å²) >= 11 is 7.84. The summed E-state index contributed by atoms with van der Waals surface area (Å²) in [6.45, 7) is 5.04. The highest BCUT2D eigenvalue weighted by Gasteiger charge is 2.14. The molecule has 0 fully saturated rings. The van der Waals surface area contributed by atoms with Crippen LogP contribution in [-0.4, -0.2) is 40.6 Å². The fourth-order valence-corrected chi connectivity index (χ4v) is 3.35. The highest BCUT2D eigenvalue weighted by atomic mass is 35.5. The van der Waals surface area contributed by atoms with Crippen LogP contribution in [-0.2, 0) is 6.61 Å². The number of hydrogen-bond donors (Lipinski definition) is 0. The minimum atomic E-state index is 0.239. The van der Waals surface area contributed by atoms with Crippen LogP contribution in [0.4, 0.5) is 0 Å². The van der Waals surface area contributed by atoms with E-state index in [9.17, 15) is 0 Å². The summed E-state index contributed by atoms with van der Waals surface area (Å²) in [4.78, 5) is 0. The second-order valence-electron chi connectivity index (χ2n) is 5.96. The van der Waals surface area contributed by atoms with E-state index in [1.54, 1.807) is 17.0 Å². The van der Waals surface area contributed by atoms with E-state index in [-0.39, 0.29) is 6.61 Å². The quantitative estimate of drug-likeness (QED) is 0.325. The van der Waals surface area contributed by atoms with Crippen LogP contribution >= 0.6 is 23.4 Å². The van der Waals surface area contributed by atoms with Gasteiger partial charge in [0, 0.05) is 0 Å². The van der Waals surface area contributed by atoms with Gasteiger partial charge >= 0.3 is 0 Å². The van der Waals surface area contributed by atoms with Gasteiger partial charge in [0.1, 0.15) is 12.4 Å². The molecule has 30 heavy (non-hydrogen) atoms. The zero-order chi connectivity index (χ0) is 21.3. The SMILES string of the molecule is CCOc1cc(/C=N\n2c(COc3ccccc3)nnc2SC)cc(Cl)c1OCC. The van der Waals surface area contributed by atoms with Gasteiger partial charge < -0.3 is 14.2 Å². The van der Waals surface area contributed by atoms with Gasteiger partial charge in [0.2, 0.25) is 5.16 Å². The van der Waals surface area contributed by atoms with Gasteiger partial charge in [-0.25, -0.2) is 0 Å². The number of hydrogen-bond acceptors (Lipinski definition) is 7. The van der Waals surface area contributed by atoms with E-state index in [2.05, 4.69) is 15.3 Å². The Bertz CT molecular complexity index is 995. The molecule has 3 aromatic rings. The molecule has 0 amide bonds. The second-order valence-corrected chi connectivity index (χ2v) is 7.14. The van der Waals surface area contributed by atoms with Crippen molar-refractivity contribution in [3.63, 3.8) is 0 Å². The van der Waals surface area contributed by atoms with Crippen LogP contribution < -0.4 is 14.2 Å². The first-order valence-electron chi connectivity index (χ1n) is 9.45. The third kappa shape index (κ3) is 5.46. The second kappa shape index (κ2) is 10.9. The molecule has 0 bridgehead atoms. The van der Waals surface area contributed by atoms with Crippen molar-refractivity contribution < 1.29 is 14.2 Å². The van der Waals surface area contributed by atoms with Crippen molar-refractivity contribution in [1.82, 2.24) is 14.9 Å². The minimum absolute atomic E-state index is 0.239. The lowest BCUT2D eigenvalue weighted by Crippen LogP contribution is -2.05. The lowest BCUT2D eigenvalue weighted by molar-refractivity contribution is 0.288. The number of benzene rings is 2. The molecule has 0 N–H and O–H groups in total. The fourth-order valence-electron chi connectivity index (χ4n) is 2.63. The Morgan fingerprint density at radius 1 is 1.07 bits per heavy atom. The van der Waals surface area contributed by atoms with Crippen molar-refractivity contribution in [1.29, 1.82) is 0 Å². The van der Waals surface area contributed by atoms with Gasteiger partial charge in [-0.15, -0.1) is 10.2 Å². The van der Waals surface area contributed by atoms with Crippen molar-refractivity contribution in [2.75, 3.05) is 19.5 Å². The molecule has 1 heterocycles. The number of rotatable bonds is 10. The van der Waals surface area contributed by atoms with Gasteiger partial charge in [0.25, 0.3) is 0 Å². The number of thioether (sulfide) groups is 1. The van der Waals surface area contributed by atoms with Gasteiger partial charge in [-0.05, 0) is 49.9 Å². The van der Waals surface area contributed by atoms with Crippen LogP contribution in [0.1, 0.15) is 25.2 Å². The minimum Gasteiger partial charge on any atom is -0.490 e. The largest absolute Gasteiger partial charge is 0.490 e. The van der Waals surface area contributed by atoms with Crippen molar-refractivity contribution in [3.8, 4) is 17.2 Å². The summed E-state index contributed by atoms with van der Waals surface area (Å²) in [5.74, 6) is 2.45. The molecule has 0 atom stereocenters. The summed E-state index contributed by atoms with van der Waals surface area (Å²) in [7, 11) is 0. The van der Waals surface area contributed by atoms with Crippen molar-refractivity contribution >= 4 is 29.6 Å². The first-order chi connectivity index (χ1) is 14.7.